The lowest BCUT2D eigenvalue weighted by molar-refractivity contribution is -0.274. The molecule has 1 N–H and O–H groups in total. The molecule has 188 valence electrons. The summed E-state index contributed by atoms with van der Waals surface area (Å²) >= 11 is 5.94. The van der Waals surface area contributed by atoms with E-state index in [4.69, 9.17) is 21.3 Å². The zero-order valence-corrected chi connectivity index (χ0v) is 19.9. The number of halogens is 4. The molecule has 1 atom stereocenters. The predicted molar refractivity (Wildman–Crippen MR) is 127 cm³/mol. The molecule has 0 aliphatic carbocycles. The zero-order valence-electron chi connectivity index (χ0n) is 19.2. The van der Waals surface area contributed by atoms with E-state index in [0.717, 1.165) is 42.0 Å². The van der Waals surface area contributed by atoms with E-state index in [1.807, 2.05) is 22.9 Å². The number of rotatable bonds is 6. The van der Waals surface area contributed by atoms with Crippen LogP contribution < -0.4 is 14.8 Å². The Balaban J connectivity index is 1.39. The van der Waals surface area contributed by atoms with Gasteiger partial charge in [0, 0.05) is 30.4 Å². The van der Waals surface area contributed by atoms with Crippen LogP contribution in [0.3, 0.4) is 0 Å². The number of hydrogen-bond acceptors (Lipinski definition) is 6. The van der Waals surface area contributed by atoms with Gasteiger partial charge in [-0.25, -0.2) is 9.67 Å². The summed E-state index contributed by atoms with van der Waals surface area (Å²) in [5.74, 6) is 1.44. The van der Waals surface area contributed by atoms with Gasteiger partial charge in [0.25, 0.3) is 0 Å². The number of aryl methyl sites for hydroxylation is 1. The lowest BCUT2D eigenvalue weighted by atomic mass is 9.93. The average molecular weight is 519 g/mol. The molecule has 3 heterocycles. The Kier molecular flexibility index (Phi) is 6.48. The Labute approximate surface area is 209 Å². The van der Waals surface area contributed by atoms with Crippen molar-refractivity contribution in [2.75, 3.05) is 12.4 Å². The Morgan fingerprint density at radius 2 is 1.92 bits per heavy atom. The molecule has 2 aromatic carbocycles. The van der Waals surface area contributed by atoms with E-state index in [1.54, 1.807) is 36.3 Å². The summed E-state index contributed by atoms with van der Waals surface area (Å²) in [5.41, 5.74) is 2.36. The smallest absolute Gasteiger partial charge is 0.494 e. The quantitative estimate of drug-likeness (QED) is 0.333. The number of imidazole rings is 1. The van der Waals surface area contributed by atoms with Crippen LogP contribution in [0, 0.1) is 0 Å². The van der Waals surface area contributed by atoms with Crippen LogP contribution in [0.1, 0.15) is 36.6 Å². The summed E-state index contributed by atoms with van der Waals surface area (Å²) < 4.78 is 50.7. The molecule has 8 nitrogen and oxygen atoms in total. The second kappa shape index (κ2) is 9.73. The Morgan fingerprint density at radius 1 is 1.11 bits per heavy atom. The summed E-state index contributed by atoms with van der Waals surface area (Å²) in [6.45, 7) is 0.708. The number of ether oxygens (including phenoxy) is 2. The fourth-order valence-corrected chi connectivity index (χ4v) is 4.46. The average Bonchev–Trinajstić information content (AvgIpc) is 3.39. The molecule has 1 aliphatic heterocycles. The van der Waals surface area contributed by atoms with Gasteiger partial charge in [-0.2, -0.15) is 4.98 Å². The van der Waals surface area contributed by atoms with Crippen molar-refractivity contribution in [2.24, 2.45) is 0 Å². The zero-order chi connectivity index (χ0) is 25.3. The van der Waals surface area contributed by atoms with Gasteiger partial charge < -0.3 is 19.4 Å². The second-order valence-corrected chi connectivity index (χ2v) is 8.68. The molecule has 0 bridgehead atoms. The molecular weight excluding hydrogens is 497 g/mol. The molecule has 0 spiro atoms. The predicted octanol–water partition coefficient (Wildman–Crippen LogP) is 6.08. The third-order valence-electron chi connectivity index (χ3n) is 5.91. The fraction of sp³-hybridized carbons (Fsp3) is 0.292. The Bertz CT molecular complexity index is 1350. The highest BCUT2D eigenvalue weighted by atomic mass is 35.5. The SMILES string of the molecule is COc1cc(Nc2nc3n(n2)CCCC[C@@H]3c2ccc(OC(F)(F)F)cc2)ccc1-n1cnc(Cl)c1. The molecule has 0 saturated heterocycles. The largest absolute Gasteiger partial charge is 0.573 e. The van der Waals surface area contributed by atoms with E-state index >= 15 is 0 Å². The van der Waals surface area contributed by atoms with Crippen molar-refractivity contribution in [1.82, 2.24) is 24.3 Å². The number of nitrogens with zero attached hydrogens (tertiary/aromatic N) is 5. The van der Waals surface area contributed by atoms with E-state index in [0.29, 0.717) is 23.4 Å². The highest BCUT2D eigenvalue weighted by Gasteiger charge is 2.31. The van der Waals surface area contributed by atoms with Crippen molar-refractivity contribution >= 4 is 23.2 Å². The molecule has 0 fully saturated rings. The molecule has 4 aromatic rings. The number of benzene rings is 2. The maximum Gasteiger partial charge on any atom is 0.573 e. The van der Waals surface area contributed by atoms with E-state index in [9.17, 15) is 13.2 Å². The maximum atomic E-state index is 12.5. The summed E-state index contributed by atoms with van der Waals surface area (Å²) in [6, 6.07) is 11.5. The van der Waals surface area contributed by atoms with Gasteiger partial charge >= 0.3 is 6.36 Å². The Morgan fingerprint density at radius 3 is 2.61 bits per heavy atom. The molecule has 1 aliphatic rings. The van der Waals surface area contributed by atoms with Gasteiger partial charge in [-0.1, -0.05) is 30.2 Å². The summed E-state index contributed by atoms with van der Waals surface area (Å²) in [6.07, 6.45) is 1.25. The first kappa shape index (κ1) is 24.0. The molecule has 36 heavy (non-hydrogen) atoms. The van der Waals surface area contributed by atoms with Crippen molar-refractivity contribution in [3.63, 3.8) is 0 Å². The van der Waals surface area contributed by atoms with Crippen molar-refractivity contribution in [1.29, 1.82) is 0 Å². The molecule has 5 rings (SSSR count). The fourth-order valence-electron chi connectivity index (χ4n) is 4.31. The van der Waals surface area contributed by atoms with Gasteiger partial charge in [0.15, 0.2) is 0 Å². The minimum Gasteiger partial charge on any atom is -0.494 e. The monoisotopic (exact) mass is 518 g/mol. The van der Waals surface area contributed by atoms with Gasteiger partial charge in [0.2, 0.25) is 5.95 Å². The molecule has 0 radical (unpaired) electrons. The standard InChI is InChI=1S/C24H22ClF3N6O2/c1-35-20-12-16(7-10-19(20)33-13-21(25)29-14-33)30-23-31-22-18(4-2-3-11-34(22)32-23)15-5-8-17(9-6-15)36-24(26,27)28/h5-10,12-14,18H,2-4,11H2,1H3,(H,30,32)/t18-/m1/s1. The molecular formula is C24H22ClF3N6O2. The number of methoxy groups -OCH3 is 1. The van der Waals surface area contributed by atoms with Crippen LogP contribution in [-0.2, 0) is 6.54 Å². The first-order valence-corrected chi connectivity index (χ1v) is 11.6. The number of alkyl halides is 3. The van der Waals surface area contributed by atoms with Gasteiger partial charge in [0.1, 0.15) is 28.8 Å². The van der Waals surface area contributed by atoms with Gasteiger partial charge in [-0.3, -0.25) is 0 Å². The van der Waals surface area contributed by atoms with Crippen LogP contribution in [0.25, 0.3) is 5.69 Å². The topological polar surface area (TPSA) is 79.0 Å². The molecule has 0 saturated carbocycles. The molecule has 0 unspecified atom stereocenters. The normalized spacial score (nSPS) is 15.8. The van der Waals surface area contributed by atoms with Crippen molar-refractivity contribution < 1.29 is 22.6 Å². The lowest BCUT2D eigenvalue weighted by Gasteiger charge is -2.15. The lowest BCUT2D eigenvalue weighted by Crippen LogP contribution is -2.17. The summed E-state index contributed by atoms with van der Waals surface area (Å²) in [5, 5.41) is 8.24. The Hall–Kier alpha value is -3.73. The van der Waals surface area contributed by atoms with Gasteiger partial charge in [-0.05, 0) is 42.7 Å². The second-order valence-electron chi connectivity index (χ2n) is 8.30. The van der Waals surface area contributed by atoms with E-state index in [-0.39, 0.29) is 11.7 Å². The molecule has 12 heteroatoms. The van der Waals surface area contributed by atoms with E-state index in [1.165, 1.54) is 12.1 Å². The first-order chi connectivity index (χ1) is 17.3. The van der Waals surface area contributed by atoms with Crippen molar-refractivity contribution in [2.45, 2.75) is 38.1 Å². The van der Waals surface area contributed by atoms with Crippen LogP contribution >= 0.6 is 11.6 Å². The van der Waals surface area contributed by atoms with Crippen molar-refractivity contribution in [3.8, 4) is 17.2 Å². The van der Waals surface area contributed by atoms with Gasteiger partial charge in [-0.15, -0.1) is 18.3 Å². The number of anilines is 2. The van der Waals surface area contributed by atoms with E-state index < -0.39 is 6.36 Å². The first-order valence-electron chi connectivity index (χ1n) is 11.2. The van der Waals surface area contributed by atoms with Crippen molar-refractivity contribution in [3.05, 3.63) is 71.5 Å². The highest BCUT2D eigenvalue weighted by Crippen LogP contribution is 2.35. The van der Waals surface area contributed by atoms with Crippen LogP contribution in [0.2, 0.25) is 5.15 Å². The minimum absolute atomic E-state index is 0.0987. The van der Waals surface area contributed by atoms with Crippen LogP contribution in [0.15, 0.2) is 55.0 Å². The maximum absolute atomic E-state index is 12.5. The summed E-state index contributed by atoms with van der Waals surface area (Å²) in [7, 11) is 1.58. The van der Waals surface area contributed by atoms with Crippen LogP contribution in [0.5, 0.6) is 11.5 Å². The van der Waals surface area contributed by atoms with Crippen LogP contribution in [-0.4, -0.2) is 37.8 Å². The minimum atomic E-state index is -4.72. The molecule has 2 aromatic heterocycles. The van der Waals surface area contributed by atoms with E-state index in [2.05, 4.69) is 20.1 Å². The third-order valence-corrected chi connectivity index (χ3v) is 6.10. The van der Waals surface area contributed by atoms with Crippen LogP contribution in [0.4, 0.5) is 24.8 Å². The van der Waals surface area contributed by atoms with Gasteiger partial charge in [0.05, 0.1) is 12.8 Å². The number of hydrogen-bond donors (Lipinski definition) is 1. The summed E-state index contributed by atoms with van der Waals surface area (Å²) in [4.78, 5) is 8.77. The third kappa shape index (κ3) is 5.25. The number of fused-ring (bicyclic) bond motifs is 1. The molecule has 0 amide bonds. The highest BCUT2D eigenvalue weighted by molar-refractivity contribution is 6.29. The number of aromatic nitrogens is 5. The number of nitrogens with one attached hydrogen (secondary N) is 1.